The molecule has 0 amide bonds. The summed E-state index contributed by atoms with van der Waals surface area (Å²) < 4.78 is 21.9. The molecule has 1 N–H and O–H groups in total. The molecule has 0 saturated heterocycles. The quantitative estimate of drug-likeness (QED) is 0.465. The molecule has 8 nitrogen and oxygen atoms in total. The van der Waals surface area contributed by atoms with Crippen LogP contribution in [0.1, 0.15) is 42.5 Å². The van der Waals surface area contributed by atoms with Crippen LogP contribution in [0, 0.1) is 18.2 Å². The second-order valence-corrected chi connectivity index (χ2v) is 9.82. The van der Waals surface area contributed by atoms with Gasteiger partial charge in [0.15, 0.2) is 12.5 Å². The summed E-state index contributed by atoms with van der Waals surface area (Å²) in [4.78, 5) is 42.6. The SMILES string of the molecule is Cc1nc2cc(Br)c(CN(C)c3cccc(C(=O)O)c3F)cc2c(=O)n1COC(=O)C(C)(C)C. The predicted molar refractivity (Wildman–Crippen MR) is 129 cm³/mol. The lowest BCUT2D eigenvalue weighted by atomic mass is 9.98. The first-order valence-electron chi connectivity index (χ1n) is 10.4. The van der Waals surface area contributed by atoms with Crippen molar-refractivity contribution in [2.45, 2.75) is 41.0 Å². The van der Waals surface area contributed by atoms with Crippen LogP contribution in [0.25, 0.3) is 10.9 Å². The Morgan fingerprint density at radius 1 is 1.26 bits per heavy atom. The number of hydrogen-bond donors (Lipinski definition) is 1. The number of carbonyl (C=O) groups is 2. The number of rotatable bonds is 6. The number of benzene rings is 2. The van der Waals surface area contributed by atoms with Crippen molar-refractivity contribution in [2.75, 3.05) is 11.9 Å². The molecule has 180 valence electrons. The first-order chi connectivity index (χ1) is 15.8. The maximum absolute atomic E-state index is 14.7. The molecule has 2 aromatic carbocycles. The van der Waals surface area contributed by atoms with Gasteiger partial charge < -0.3 is 14.7 Å². The molecule has 3 aromatic rings. The Hall–Kier alpha value is -3.27. The molecule has 0 atom stereocenters. The minimum absolute atomic E-state index is 0.112. The van der Waals surface area contributed by atoms with E-state index >= 15 is 0 Å². The Kier molecular flexibility index (Phi) is 7.11. The highest BCUT2D eigenvalue weighted by molar-refractivity contribution is 9.10. The van der Waals surface area contributed by atoms with Gasteiger partial charge in [-0.05, 0) is 57.5 Å². The highest BCUT2D eigenvalue weighted by atomic mass is 79.9. The van der Waals surface area contributed by atoms with Gasteiger partial charge in [-0.1, -0.05) is 22.0 Å². The van der Waals surface area contributed by atoms with E-state index in [-0.39, 0.29) is 24.5 Å². The molecular formula is C24H25BrFN3O5. The third kappa shape index (κ3) is 5.11. The minimum atomic E-state index is -1.35. The van der Waals surface area contributed by atoms with Crippen molar-refractivity contribution in [1.82, 2.24) is 9.55 Å². The van der Waals surface area contributed by atoms with Crippen molar-refractivity contribution in [1.29, 1.82) is 0 Å². The molecule has 1 heterocycles. The molecule has 0 unspecified atom stereocenters. The summed E-state index contributed by atoms with van der Waals surface area (Å²) in [5.41, 5.74) is -0.277. The Labute approximate surface area is 204 Å². The molecule has 0 spiro atoms. The molecule has 0 fully saturated rings. The monoisotopic (exact) mass is 533 g/mol. The number of esters is 1. The Morgan fingerprint density at radius 2 is 1.94 bits per heavy atom. The molecule has 0 bridgehead atoms. The van der Waals surface area contributed by atoms with Gasteiger partial charge >= 0.3 is 11.9 Å². The second kappa shape index (κ2) is 9.54. The fourth-order valence-corrected chi connectivity index (χ4v) is 3.79. The lowest BCUT2D eigenvalue weighted by Crippen LogP contribution is -2.30. The van der Waals surface area contributed by atoms with Gasteiger partial charge in [0, 0.05) is 18.1 Å². The van der Waals surface area contributed by atoms with Crippen molar-refractivity contribution in [3.63, 3.8) is 0 Å². The summed E-state index contributed by atoms with van der Waals surface area (Å²) in [7, 11) is 1.62. The lowest BCUT2D eigenvalue weighted by Gasteiger charge is -2.22. The molecule has 0 aliphatic rings. The van der Waals surface area contributed by atoms with E-state index in [0.717, 1.165) is 0 Å². The molecule has 34 heavy (non-hydrogen) atoms. The summed E-state index contributed by atoms with van der Waals surface area (Å²) in [6, 6.07) is 7.49. The van der Waals surface area contributed by atoms with Crippen LogP contribution in [0.3, 0.4) is 0 Å². The van der Waals surface area contributed by atoms with Gasteiger partial charge in [0.2, 0.25) is 0 Å². The van der Waals surface area contributed by atoms with Gasteiger partial charge in [-0.15, -0.1) is 0 Å². The van der Waals surface area contributed by atoms with Crippen molar-refractivity contribution in [2.24, 2.45) is 5.41 Å². The van der Waals surface area contributed by atoms with Gasteiger partial charge in [0.1, 0.15) is 5.82 Å². The summed E-state index contributed by atoms with van der Waals surface area (Å²) in [6.45, 7) is 6.74. The van der Waals surface area contributed by atoms with E-state index < -0.39 is 28.7 Å². The van der Waals surface area contributed by atoms with E-state index in [2.05, 4.69) is 20.9 Å². The summed E-state index contributed by atoms with van der Waals surface area (Å²) in [5.74, 6) is -2.24. The van der Waals surface area contributed by atoms with Crippen LogP contribution in [0.5, 0.6) is 0 Å². The number of aryl methyl sites for hydroxylation is 1. The van der Waals surface area contributed by atoms with Gasteiger partial charge in [-0.25, -0.2) is 14.2 Å². The van der Waals surface area contributed by atoms with E-state index in [4.69, 9.17) is 4.74 Å². The summed E-state index contributed by atoms with van der Waals surface area (Å²) >= 11 is 3.48. The third-order valence-corrected chi connectivity index (χ3v) is 6.02. The topological polar surface area (TPSA) is 102 Å². The van der Waals surface area contributed by atoms with Crippen LogP contribution in [0.4, 0.5) is 10.1 Å². The Bertz CT molecular complexity index is 1350. The molecule has 10 heteroatoms. The van der Waals surface area contributed by atoms with Gasteiger partial charge in [0.05, 0.1) is 27.6 Å². The molecule has 0 aliphatic heterocycles. The van der Waals surface area contributed by atoms with Crippen LogP contribution < -0.4 is 10.5 Å². The third-order valence-electron chi connectivity index (χ3n) is 5.28. The number of carboxylic acid groups (broad SMARTS) is 1. The number of hydrogen-bond acceptors (Lipinski definition) is 6. The van der Waals surface area contributed by atoms with Crippen molar-refractivity contribution < 1.29 is 23.8 Å². The van der Waals surface area contributed by atoms with E-state index in [9.17, 15) is 23.9 Å². The number of fused-ring (bicyclic) bond motifs is 1. The van der Waals surface area contributed by atoms with E-state index in [0.29, 0.717) is 26.8 Å². The average molecular weight is 534 g/mol. The van der Waals surface area contributed by atoms with Gasteiger partial charge in [-0.3, -0.25) is 14.2 Å². The number of anilines is 1. The van der Waals surface area contributed by atoms with Crippen LogP contribution in [-0.2, 0) is 22.8 Å². The largest absolute Gasteiger partial charge is 0.478 e. The van der Waals surface area contributed by atoms with Crippen molar-refractivity contribution in [3.8, 4) is 0 Å². The van der Waals surface area contributed by atoms with Gasteiger partial charge in [0.25, 0.3) is 5.56 Å². The summed E-state index contributed by atoms with van der Waals surface area (Å²) in [5, 5.41) is 9.49. The second-order valence-electron chi connectivity index (χ2n) is 8.96. The molecule has 0 radical (unpaired) electrons. The highest BCUT2D eigenvalue weighted by Gasteiger charge is 2.24. The zero-order valence-corrected chi connectivity index (χ0v) is 21.1. The highest BCUT2D eigenvalue weighted by Crippen LogP contribution is 2.27. The Balaban J connectivity index is 1.98. The molecule has 0 aliphatic carbocycles. The number of carboxylic acids is 1. The zero-order chi connectivity index (χ0) is 25.4. The molecule has 1 aromatic heterocycles. The van der Waals surface area contributed by atoms with Gasteiger partial charge in [-0.2, -0.15) is 0 Å². The minimum Gasteiger partial charge on any atom is -0.478 e. The Morgan fingerprint density at radius 3 is 2.56 bits per heavy atom. The maximum Gasteiger partial charge on any atom is 0.338 e. The number of carbonyl (C=O) groups excluding carboxylic acids is 1. The smallest absolute Gasteiger partial charge is 0.338 e. The van der Waals surface area contributed by atoms with E-state index in [1.165, 1.54) is 22.8 Å². The summed E-state index contributed by atoms with van der Waals surface area (Å²) in [6.07, 6.45) is 0. The lowest BCUT2D eigenvalue weighted by molar-refractivity contribution is -0.157. The van der Waals surface area contributed by atoms with E-state index in [1.807, 2.05) is 0 Å². The molecule has 0 saturated carbocycles. The zero-order valence-electron chi connectivity index (χ0n) is 19.5. The maximum atomic E-state index is 14.7. The molecular weight excluding hydrogens is 509 g/mol. The fourth-order valence-electron chi connectivity index (χ4n) is 3.33. The van der Waals surface area contributed by atoms with Crippen LogP contribution in [0.15, 0.2) is 39.6 Å². The predicted octanol–water partition coefficient (Wildman–Crippen LogP) is 4.49. The average Bonchev–Trinajstić information content (AvgIpc) is 2.73. The number of aromatic nitrogens is 2. The number of ether oxygens (including phenoxy) is 1. The van der Waals surface area contributed by atoms with Crippen LogP contribution in [0.2, 0.25) is 0 Å². The van der Waals surface area contributed by atoms with Crippen molar-refractivity contribution in [3.05, 3.63) is 67.9 Å². The number of aromatic carboxylic acids is 1. The first kappa shape index (κ1) is 25.4. The molecule has 3 rings (SSSR count). The van der Waals surface area contributed by atoms with Crippen LogP contribution >= 0.6 is 15.9 Å². The van der Waals surface area contributed by atoms with Crippen LogP contribution in [-0.4, -0.2) is 33.6 Å². The standard InChI is InChI=1S/C24H25BrFN3O5/c1-13-27-18-10-17(25)14(11-28(5)19-8-6-7-15(20(19)26)22(31)32)9-16(18)21(30)29(13)12-34-23(33)24(2,3)4/h6-10H,11-12H2,1-5H3,(H,31,32). The van der Waals surface area contributed by atoms with E-state index in [1.54, 1.807) is 51.8 Å². The fraction of sp³-hybridized carbons (Fsp3) is 0.333. The number of halogens is 2. The number of nitrogens with zero attached hydrogens (tertiary/aromatic N) is 3. The first-order valence-corrected chi connectivity index (χ1v) is 11.2. The van der Waals surface area contributed by atoms with Crippen molar-refractivity contribution >= 4 is 44.5 Å². The normalized spacial score (nSPS) is 11.5.